The highest BCUT2D eigenvalue weighted by atomic mass is 15.1. The molecule has 2 heteroatoms. The van der Waals surface area contributed by atoms with Crippen molar-refractivity contribution in [2.24, 2.45) is 0 Å². The predicted octanol–water partition coefficient (Wildman–Crippen LogP) is 6.70. The standard InChI is InChI=1S/C30H35N2/c1-7-9-10-25(8-2)11-12-26(13-15-27-17-21-29(22-18-27)31(3)4)14-16-28-19-23-30(24-20-28)32(5)6/h7-24H,1H2,2-6H3/q+1/b10-9+,12-11+,25-8+. The Labute approximate surface area is 194 Å². The Bertz CT molecular complexity index is 1040. The summed E-state index contributed by atoms with van der Waals surface area (Å²) >= 11 is 0. The summed E-state index contributed by atoms with van der Waals surface area (Å²) in [5, 5.41) is 0. The summed E-state index contributed by atoms with van der Waals surface area (Å²) in [6, 6.07) is 8.55. The van der Waals surface area contributed by atoms with Crippen LogP contribution in [0.25, 0.3) is 6.08 Å². The van der Waals surface area contributed by atoms with Gasteiger partial charge in [-0.15, -0.1) is 0 Å². The SMILES string of the molecule is C=C/C=C/C(/C=C/C(/C=C/c1ccc(N(C)C)cc1)=C/C=C1C=CC(=[N+](C)C)C=C1)=C\C. The van der Waals surface area contributed by atoms with Crippen LogP contribution in [0, 0.1) is 0 Å². The molecular weight excluding hydrogens is 388 g/mol. The van der Waals surface area contributed by atoms with E-state index in [1.807, 2.05) is 13.0 Å². The Balaban J connectivity index is 2.31. The van der Waals surface area contributed by atoms with Crippen molar-refractivity contribution >= 4 is 17.5 Å². The molecule has 0 heterocycles. The quantitative estimate of drug-likeness (QED) is 0.333. The molecule has 164 valence electrons. The molecular formula is C30H35N2+. The Morgan fingerprint density at radius 1 is 0.875 bits per heavy atom. The first-order chi connectivity index (χ1) is 15.4. The second-order valence-electron chi connectivity index (χ2n) is 7.86. The number of nitrogens with zero attached hydrogens (tertiary/aromatic N) is 2. The molecule has 0 N–H and O–H groups in total. The van der Waals surface area contributed by atoms with Gasteiger partial charge >= 0.3 is 0 Å². The Morgan fingerprint density at radius 3 is 2.09 bits per heavy atom. The first-order valence-corrected chi connectivity index (χ1v) is 10.8. The van der Waals surface area contributed by atoms with Gasteiger partial charge in [-0.2, -0.15) is 0 Å². The Kier molecular flexibility index (Phi) is 9.93. The fourth-order valence-corrected chi connectivity index (χ4v) is 2.94. The van der Waals surface area contributed by atoms with Gasteiger partial charge in [-0.25, -0.2) is 4.58 Å². The van der Waals surface area contributed by atoms with Crippen LogP contribution < -0.4 is 4.90 Å². The molecule has 32 heavy (non-hydrogen) atoms. The number of allylic oxidation sites excluding steroid dienone is 16. The normalized spacial score (nSPS) is 14.8. The number of anilines is 1. The zero-order valence-corrected chi connectivity index (χ0v) is 20.0. The van der Waals surface area contributed by atoms with Crippen LogP contribution in [0.3, 0.4) is 0 Å². The highest BCUT2D eigenvalue weighted by molar-refractivity contribution is 6.02. The van der Waals surface area contributed by atoms with E-state index < -0.39 is 0 Å². The van der Waals surface area contributed by atoms with E-state index in [-0.39, 0.29) is 0 Å². The molecule has 0 amide bonds. The fourth-order valence-electron chi connectivity index (χ4n) is 2.94. The second kappa shape index (κ2) is 12.9. The van der Waals surface area contributed by atoms with Crippen LogP contribution in [0.4, 0.5) is 5.69 Å². The van der Waals surface area contributed by atoms with E-state index in [0.717, 1.165) is 11.1 Å². The van der Waals surface area contributed by atoms with Crippen molar-refractivity contribution < 1.29 is 4.58 Å². The smallest absolute Gasteiger partial charge is 0.199 e. The fraction of sp³-hybridized carbons (Fsp3) is 0.167. The van der Waals surface area contributed by atoms with E-state index in [1.54, 1.807) is 6.08 Å². The Hall–Kier alpha value is -3.65. The molecule has 0 aliphatic heterocycles. The maximum absolute atomic E-state index is 3.75. The second-order valence-corrected chi connectivity index (χ2v) is 7.86. The zero-order valence-electron chi connectivity index (χ0n) is 20.0. The summed E-state index contributed by atoms with van der Waals surface area (Å²) in [4.78, 5) is 2.10. The average molecular weight is 424 g/mol. The average Bonchev–Trinajstić information content (AvgIpc) is 2.80. The molecule has 0 bridgehead atoms. The van der Waals surface area contributed by atoms with Gasteiger partial charge in [-0.3, -0.25) is 0 Å². The van der Waals surface area contributed by atoms with Crippen molar-refractivity contribution in [3.05, 3.63) is 132 Å². The van der Waals surface area contributed by atoms with Gasteiger partial charge in [-0.05, 0) is 53.5 Å². The van der Waals surface area contributed by atoms with Gasteiger partial charge in [0.15, 0.2) is 5.71 Å². The van der Waals surface area contributed by atoms with E-state index in [9.17, 15) is 0 Å². The topological polar surface area (TPSA) is 6.25 Å². The summed E-state index contributed by atoms with van der Waals surface area (Å²) in [7, 11) is 8.21. The molecule has 1 aliphatic rings. The van der Waals surface area contributed by atoms with Crippen LogP contribution in [0.1, 0.15) is 12.5 Å². The maximum atomic E-state index is 3.75. The minimum Gasteiger partial charge on any atom is -0.378 e. The summed E-state index contributed by atoms with van der Waals surface area (Å²) in [5.74, 6) is 0. The lowest BCUT2D eigenvalue weighted by molar-refractivity contribution is -0.462. The predicted molar refractivity (Wildman–Crippen MR) is 144 cm³/mol. The third kappa shape index (κ3) is 8.23. The van der Waals surface area contributed by atoms with Gasteiger partial charge in [0.1, 0.15) is 14.1 Å². The highest BCUT2D eigenvalue weighted by Crippen LogP contribution is 2.15. The molecule has 0 radical (unpaired) electrons. The molecule has 0 fully saturated rings. The molecule has 0 saturated heterocycles. The van der Waals surface area contributed by atoms with Gasteiger partial charge in [0.2, 0.25) is 0 Å². The van der Waals surface area contributed by atoms with Gasteiger partial charge in [0, 0.05) is 31.9 Å². The third-order valence-corrected chi connectivity index (χ3v) is 4.98. The van der Waals surface area contributed by atoms with Gasteiger partial charge < -0.3 is 4.90 Å². The minimum absolute atomic E-state index is 1.12. The lowest BCUT2D eigenvalue weighted by atomic mass is 10.1. The molecule has 0 atom stereocenters. The summed E-state index contributed by atoms with van der Waals surface area (Å²) in [6.07, 6.45) is 29.3. The van der Waals surface area contributed by atoms with Crippen LogP contribution in [-0.2, 0) is 0 Å². The number of benzene rings is 1. The molecule has 2 rings (SSSR count). The summed E-state index contributed by atoms with van der Waals surface area (Å²) in [5.41, 5.74) is 6.98. The molecule has 2 nitrogen and oxygen atoms in total. The highest BCUT2D eigenvalue weighted by Gasteiger charge is 2.03. The van der Waals surface area contributed by atoms with Gasteiger partial charge in [0.05, 0.1) is 0 Å². The number of hydrogen-bond donors (Lipinski definition) is 0. The lowest BCUT2D eigenvalue weighted by Crippen LogP contribution is -2.09. The van der Waals surface area contributed by atoms with E-state index in [0.29, 0.717) is 0 Å². The maximum Gasteiger partial charge on any atom is 0.199 e. The molecule has 0 unspecified atom stereocenters. The van der Waals surface area contributed by atoms with E-state index in [2.05, 4.69) is 141 Å². The van der Waals surface area contributed by atoms with Crippen molar-refractivity contribution in [1.29, 1.82) is 0 Å². The first kappa shape index (κ1) is 24.6. The van der Waals surface area contributed by atoms with Gasteiger partial charge in [-0.1, -0.05) is 79.5 Å². The number of hydrogen-bond acceptors (Lipinski definition) is 1. The van der Waals surface area contributed by atoms with Crippen LogP contribution in [0.2, 0.25) is 0 Å². The van der Waals surface area contributed by atoms with Crippen LogP contribution >= 0.6 is 0 Å². The van der Waals surface area contributed by atoms with Crippen LogP contribution in [-0.4, -0.2) is 38.5 Å². The van der Waals surface area contributed by atoms with E-state index in [4.69, 9.17) is 0 Å². The van der Waals surface area contributed by atoms with Crippen molar-refractivity contribution in [3.63, 3.8) is 0 Å². The Morgan fingerprint density at radius 2 is 1.53 bits per heavy atom. The monoisotopic (exact) mass is 423 g/mol. The van der Waals surface area contributed by atoms with E-state index >= 15 is 0 Å². The van der Waals surface area contributed by atoms with Crippen molar-refractivity contribution in [1.82, 2.24) is 0 Å². The van der Waals surface area contributed by atoms with Crippen molar-refractivity contribution in [3.8, 4) is 0 Å². The molecule has 0 aromatic heterocycles. The number of rotatable bonds is 8. The van der Waals surface area contributed by atoms with E-state index in [1.165, 1.54) is 22.5 Å². The first-order valence-electron chi connectivity index (χ1n) is 10.8. The minimum atomic E-state index is 1.12. The molecule has 1 aliphatic carbocycles. The summed E-state index contributed by atoms with van der Waals surface area (Å²) in [6.45, 7) is 5.79. The van der Waals surface area contributed by atoms with Crippen LogP contribution in [0.15, 0.2) is 127 Å². The molecule has 0 spiro atoms. The largest absolute Gasteiger partial charge is 0.378 e. The van der Waals surface area contributed by atoms with Gasteiger partial charge in [0.25, 0.3) is 0 Å². The van der Waals surface area contributed by atoms with Crippen molar-refractivity contribution in [2.75, 3.05) is 33.1 Å². The lowest BCUT2D eigenvalue weighted by Gasteiger charge is -2.11. The molecule has 0 saturated carbocycles. The summed E-state index contributed by atoms with van der Waals surface area (Å²) < 4.78 is 2.10. The zero-order chi connectivity index (χ0) is 23.3. The molecule has 1 aromatic carbocycles. The van der Waals surface area contributed by atoms with Crippen LogP contribution in [0.5, 0.6) is 0 Å². The molecule has 1 aromatic rings. The van der Waals surface area contributed by atoms with Crippen molar-refractivity contribution in [2.45, 2.75) is 6.92 Å². The third-order valence-electron chi connectivity index (χ3n) is 4.98.